The van der Waals surface area contributed by atoms with Gasteiger partial charge in [-0.2, -0.15) is 5.26 Å². The molecule has 0 aliphatic carbocycles. The second-order valence-electron chi connectivity index (χ2n) is 3.46. The van der Waals surface area contributed by atoms with Gasteiger partial charge in [-0.15, -0.1) is 0 Å². The van der Waals surface area contributed by atoms with Crippen molar-refractivity contribution in [2.45, 2.75) is 24.3 Å². The molecule has 4 nitrogen and oxygen atoms in total. The number of hydrogen-bond acceptors (Lipinski definition) is 3. The molecule has 1 aromatic rings. The van der Waals surface area contributed by atoms with Crippen LogP contribution in [0, 0.1) is 17.1 Å². The van der Waals surface area contributed by atoms with Crippen molar-refractivity contribution in [3.63, 3.8) is 0 Å². The van der Waals surface area contributed by atoms with Gasteiger partial charge in [0.05, 0.1) is 17.4 Å². The molecule has 0 aliphatic heterocycles. The fraction of sp³-hybridized carbons (Fsp3) is 0.300. The molecule has 1 aromatic carbocycles. The van der Waals surface area contributed by atoms with Crippen molar-refractivity contribution in [2.75, 3.05) is 0 Å². The molecular formula is C10H10BrFN2O2S. The number of rotatable bonds is 4. The summed E-state index contributed by atoms with van der Waals surface area (Å²) in [6.45, 7) is 1.58. The van der Waals surface area contributed by atoms with Crippen LogP contribution in [-0.4, -0.2) is 14.5 Å². The summed E-state index contributed by atoms with van der Waals surface area (Å²) in [5.74, 6) is -0.527. The zero-order valence-corrected chi connectivity index (χ0v) is 11.3. The molecule has 0 radical (unpaired) electrons. The van der Waals surface area contributed by atoms with E-state index in [0.717, 1.165) is 12.1 Å². The Balaban J connectivity index is 3.02. The molecule has 0 spiro atoms. The molecule has 17 heavy (non-hydrogen) atoms. The van der Waals surface area contributed by atoms with E-state index in [1.54, 1.807) is 6.92 Å². The first-order valence-electron chi connectivity index (χ1n) is 4.71. The second kappa shape index (κ2) is 5.58. The molecule has 1 N–H and O–H groups in total. The fourth-order valence-corrected chi connectivity index (χ4v) is 3.49. The van der Waals surface area contributed by atoms with Crippen LogP contribution in [0.4, 0.5) is 4.39 Å². The molecule has 0 aromatic heterocycles. The lowest BCUT2D eigenvalue weighted by Gasteiger charge is -2.12. The summed E-state index contributed by atoms with van der Waals surface area (Å²) < 4.78 is 39.1. The average Bonchev–Trinajstić information content (AvgIpc) is 2.15. The Morgan fingerprint density at radius 1 is 1.59 bits per heavy atom. The summed E-state index contributed by atoms with van der Waals surface area (Å²) in [7, 11) is -3.74. The van der Waals surface area contributed by atoms with E-state index in [-0.39, 0.29) is 15.8 Å². The molecule has 92 valence electrons. The zero-order chi connectivity index (χ0) is 13.1. The van der Waals surface area contributed by atoms with Gasteiger partial charge in [-0.1, -0.05) is 0 Å². The van der Waals surface area contributed by atoms with Crippen LogP contribution in [0.5, 0.6) is 0 Å². The van der Waals surface area contributed by atoms with E-state index in [1.807, 2.05) is 6.07 Å². The van der Waals surface area contributed by atoms with E-state index in [9.17, 15) is 12.8 Å². The third-order valence-corrected chi connectivity index (χ3v) is 4.50. The molecule has 0 bridgehead atoms. The van der Waals surface area contributed by atoms with Gasteiger partial charge in [-0.25, -0.2) is 17.5 Å². The van der Waals surface area contributed by atoms with Crippen molar-refractivity contribution < 1.29 is 12.8 Å². The standard InChI is InChI=1S/C10H10BrFN2O2S/c1-7(4-5-13)14-17(15,16)10-3-2-8(12)6-9(10)11/h2-3,6-7,14H,4H2,1H3. The summed E-state index contributed by atoms with van der Waals surface area (Å²) in [6.07, 6.45) is 0.0675. The lowest BCUT2D eigenvalue weighted by molar-refractivity contribution is 0.562. The molecule has 0 aliphatic rings. The maximum atomic E-state index is 12.8. The number of sulfonamides is 1. The van der Waals surface area contributed by atoms with E-state index in [4.69, 9.17) is 5.26 Å². The lowest BCUT2D eigenvalue weighted by Crippen LogP contribution is -2.32. The van der Waals surface area contributed by atoms with Crippen molar-refractivity contribution in [2.24, 2.45) is 0 Å². The first-order valence-corrected chi connectivity index (χ1v) is 6.99. The van der Waals surface area contributed by atoms with Crippen molar-refractivity contribution >= 4 is 26.0 Å². The van der Waals surface area contributed by atoms with Gasteiger partial charge in [0.2, 0.25) is 10.0 Å². The number of nitrogens with one attached hydrogen (secondary N) is 1. The molecule has 0 saturated carbocycles. The Kier molecular flexibility index (Phi) is 4.62. The van der Waals surface area contributed by atoms with Crippen LogP contribution in [-0.2, 0) is 10.0 Å². The first kappa shape index (κ1) is 14.1. The van der Waals surface area contributed by atoms with Crippen LogP contribution in [0.15, 0.2) is 27.6 Å². The van der Waals surface area contributed by atoms with Crippen molar-refractivity contribution in [3.05, 3.63) is 28.5 Å². The normalized spacial score (nSPS) is 13.1. The summed E-state index contributed by atoms with van der Waals surface area (Å²) >= 11 is 2.99. The topological polar surface area (TPSA) is 70.0 Å². The number of nitriles is 1. The van der Waals surface area contributed by atoms with Crippen LogP contribution in [0.3, 0.4) is 0 Å². The predicted octanol–water partition coefficient (Wildman–Crippen LogP) is 2.17. The molecule has 7 heteroatoms. The highest BCUT2D eigenvalue weighted by Crippen LogP contribution is 2.22. The van der Waals surface area contributed by atoms with E-state index in [2.05, 4.69) is 20.7 Å². The Labute approximate surface area is 108 Å². The van der Waals surface area contributed by atoms with Crippen molar-refractivity contribution in [1.82, 2.24) is 4.72 Å². The predicted molar refractivity (Wildman–Crippen MR) is 64.1 cm³/mol. The smallest absolute Gasteiger partial charge is 0.207 e. The Hall–Kier alpha value is -0.970. The van der Waals surface area contributed by atoms with Crippen molar-refractivity contribution in [1.29, 1.82) is 5.26 Å². The van der Waals surface area contributed by atoms with Gasteiger partial charge >= 0.3 is 0 Å². The van der Waals surface area contributed by atoms with E-state index in [0.29, 0.717) is 0 Å². The number of hydrogen-bond donors (Lipinski definition) is 1. The van der Waals surface area contributed by atoms with Gasteiger partial charge in [0.25, 0.3) is 0 Å². The Morgan fingerprint density at radius 2 is 2.24 bits per heavy atom. The second-order valence-corrected chi connectivity index (χ2v) is 6.00. The molecular weight excluding hydrogens is 311 g/mol. The molecule has 1 rings (SSSR count). The highest BCUT2D eigenvalue weighted by molar-refractivity contribution is 9.10. The highest BCUT2D eigenvalue weighted by atomic mass is 79.9. The molecule has 1 atom stereocenters. The summed E-state index contributed by atoms with van der Waals surface area (Å²) in [4.78, 5) is -0.0521. The highest BCUT2D eigenvalue weighted by Gasteiger charge is 2.20. The molecule has 0 amide bonds. The van der Waals surface area contributed by atoms with Crippen LogP contribution in [0.1, 0.15) is 13.3 Å². The minimum atomic E-state index is -3.74. The zero-order valence-electron chi connectivity index (χ0n) is 8.94. The summed E-state index contributed by atoms with van der Waals surface area (Å²) in [5, 5.41) is 8.45. The minimum absolute atomic E-state index is 0.0521. The Morgan fingerprint density at radius 3 is 2.76 bits per heavy atom. The molecule has 0 fully saturated rings. The van der Waals surface area contributed by atoms with Crippen LogP contribution >= 0.6 is 15.9 Å². The van der Waals surface area contributed by atoms with Crippen LogP contribution in [0.2, 0.25) is 0 Å². The monoisotopic (exact) mass is 320 g/mol. The number of halogens is 2. The SMILES string of the molecule is CC(CC#N)NS(=O)(=O)c1ccc(F)cc1Br. The largest absolute Gasteiger partial charge is 0.241 e. The summed E-state index contributed by atoms with van der Waals surface area (Å²) in [6, 6.07) is 4.67. The average molecular weight is 321 g/mol. The van der Waals surface area contributed by atoms with Gasteiger partial charge in [0, 0.05) is 10.5 Å². The lowest BCUT2D eigenvalue weighted by atomic mass is 10.3. The molecule has 1 unspecified atom stereocenters. The van der Waals surface area contributed by atoms with E-state index >= 15 is 0 Å². The quantitative estimate of drug-likeness (QED) is 0.924. The number of benzene rings is 1. The Bertz CT molecular complexity index is 554. The number of nitrogens with zero attached hydrogens (tertiary/aromatic N) is 1. The molecule has 0 saturated heterocycles. The third-order valence-electron chi connectivity index (χ3n) is 1.94. The first-order chi connectivity index (χ1) is 7.86. The fourth-order valence-electron chi connectivity index (χ4n) is 1.20. The van der Waals surface area contributed by atoms with Crippen LogP contribution < -0.4 is 4.72 Å². The third kappa shape index (κ3) is 3.77. The minimum Gasteiger partial charge on any atom is -0.207 e. The van der Waals surface area contributed by atoms with Gasteiger partial charge in [0.15, 0.2) is 0 Å². The van der Waals surface area contributed by atoms with Crippen molar-refractivity contribution in [3.8, 4) is 6.07 Å². The van der Waals surface area contributed by atoms with Crippen LogP contribution in [0.25, 0.3) is 0 Å². The maximum Gasteiger partial charge on any atom is 0.241 e. The van der Waals surface area contributed by atoms with E-state index in [1.165, 1.54) is 6.07 Å². The summed E-state index contributed by atoms with van der Waals surface area (Å²) in [5.41, 5.74) is 0. The molecule has 0 heterocycles. The van der Waals surface area contributed by atoms with E-state index < -0.39 is 21.9 Å². The van der Waals surface area contributed by atoms with Gasteiger partial charge in [0.1, 0.15) is 5.82 Å². The van der Waals surface area contributed by atoms with Gasteiger partial charge < -0.3 is 0 Å². The maximum absolute atomic E-state index is 12.8. The van der Waals surface area contributed by atoms with Gasteiger partial charge in [-0.05, 0) is 41.1 Å². The van der Waals surface area contributed by atoms with Gasteiger partial charge in [-0.3, -0.25) is 0 Å².